The zero-order valence-electron chi connectivity index (χ0n) is 14.3. The van der Waals surface area contributed by atoms with Crippen molar-refractivity contribution in [2.24, 2.45) is 0 Å². The van der Waals surface area contributed by atoms with Crippen LogP contribution in [0.25, 0.3) is 0 Å². The fraction of sp³-hybridized carbons (Fsp3) is 0.389. The van der Waals surface area contributed by atoms with E-state index in [1.54, 1.807) is 11.0 Å². The fourth-order valence-electron chi connectivity index (χ4n) is 3.26. The molecule has 1 aromatic heterocycles. The van der Waals surface area contributed by atoms with E-state index in [0.29, 0.717) is 11.3 Å². The molecule has 0 saturated heterocycles. The molecule has 2 heterocycles. The molecule has 1 fully saturated rings. The van der Waals surface area contributed by atoms with E-state index >= 15 is 0 Å². The summed E-state index contributed by atoms with van der Waals surface area (Å²) in [7, 11) is 0. The molecule has 2 aromatic rings. The summed E-state index contributed by atoms with van der Waals surface area (Å²) in [6, 6.07) is 6.00. The zero-order chi connectivity index (χ0) is 19.0. The first-order valence-corrected chi connectivity index (χ1v) is 8.62. The third-order valence-corrected chi connectivity index (χ3v) is 4.66. The molecule has 9 heteroatoms. The SMILES string of the molecule is O=C(c1ccno1)N1CCC(=O)N(C2CC2)Cc2cc(OC(F)F)ccc21. The molecule has 0 radical (unpaired) electrons. The number of amides is 2. The Morgan fingerprint density at radius 2 is 2.11 bits per heavy atom. The lowest BCUT2D eigenvalue weighted by molar-refractivity contribution is -0.132. The third kappa shape index (κ3) is 3.62. The van der Waals surface area contributed by atoms with Crippen molar-refractivity contribution >= 4 is 17.5 Å². The van der Waals surface area contributed by atoms with E-state index in [9.17, 15) is 18.4 Å². The van der Waals surface area contributed by atoms with Crippen molar-refractivity contribution in [1.82, 2.24) is 10.1 Å². The number of hydrogen-bond acceptors (Lipinski definition) is 5. The van der Waals surface area contributed by atoms with Crippen LogP contribution in [0.15, 0.2) is 35.0 Å². The van der Waals surface area contributed by atoms with Crippen molar-refractivity contribution < 1.29 is 27.6 Å². The number of fused-ring (bicyclic) bond motifs is 1. The summed E-state index contributed by atoms with van der Waals surface area (Å²) in [6.07, 6.45) is 3.38. The molecule has 0 unspecified atom stereocenters. The van der Waals surface area contributed by atoms with Crippen LogP contribution < -0.4 is 9.64 Å². The first kappa shape index (κ1) is 17.4. The molecular weight excluding hydrogens is 360 g/mol. The standard InChI is InChI=1S/C18H17F2N3O4/c19-18(20)26-13-3-4-14-11(9-13)10-23(12-1-2-12)16(24)6-8-22(14)17(25)15-5-7-21-27-15/h3-5,7,9,12,18H,1-2,6,8,10H2. The number of hydrogen-bond donors (Lipinski definition) is 0. The smallest absolute Gasteiger partial charge is 0.387 e. The largest absolute Gasteiger partial charge is 0.435 e. The molecule has 7 nitrogen and oxygen atoms in total. The number of alkyl halides is 2. The van der Waals surface area contributed by atoms with Crippen LogP contribution in [0.5, 0.6) is 5.75 Å². The van der Waals surface area contributed by atoms with E-state index in [4.69, 9.17) is 4.52 Å². The number of ether oxygens (including phenoxy) is 1. The van der Waals surface area contributed by atoms with E-state index in [0.717, 1.165) is 12.8 Å². The molecule has 2 amide bonds. The molecule has 0 bridgehead atoms. The van der Waals surface area contributed by atoms with E-state index in [1.807, 2.05) is 0 Å². The lowest BCUT2D eigenvalue weighted by atomic mass is 10.1. The van der Waals surface area contributed by atoms with E-state index in [-0.39, 0.29) is 43.0 Å². The maximum absolute atomic E-state index is 12.8. The number of benzene rings is 1. The van der Waals surface area contributed by atoms with Crippen LogP contribution in [0.1, 0.15) is 35.4 Å². The second-order valence-corrected chi connectivity index (χ2v) is 6.51. The second-order valence-electron chi connectivity index (χ2n) is 6.51. The topological polar surface area (TPSA) is 75.9 Å². The van der Waals surface area contributed by atoms with Gasteiger partial charge < -0.3 is 19.1 Å². The van der Waals surface area contributed by atoms with Crippen molar-refractivity contribution in [3.05, 3.63) is 41.8 Å². The van der Waals surface area contributed by atoms with E-state index in [2.05, 4.69) is 9.89 Å². The maximum Gasteiger partial charge on any atom is 0.387 e. The Morgan fingerprint density at radius 3 is 2.78 bits per heavy atom. The Morgan fingerprint density at radius 1 is 1.30 bits per heavy atom. The Kier molecular flexibility index (Phi) is 4.51. The fourth-order valence-corrected chi connectivity index (χ4v) is 3.26. The molecule has 0 atom stereocenters. The number of nitrogens with zero attached hydrogens (tertiary/aromatic N) is 3. The molecule has 4 rings (SSSR count). The number of anilines is 1. The van der Waals surface area contributed by atoms with Gasteiger partial charge in [-0.2, -0.15) is 8.78 Å². The average Bonchev–Trinajstić information content (AvgIpc) is 3.31. The monoisotopic (exact) mass is 377 g/mol. The normalized spacial score (nSPS) is 17.5. The highest BCUT2D eigenvalue weighted by Gasteiger charge is 2.36. The van der Waals surface area contributed by atoms with Gasteiger partial charge in [0, 0.05) is 37.3 Å². The van der Waals surface area contributed by atoms with Crippen molar-refractivity contribution in [2.75, 3.05) is 11.4 Å². The van der Waals surface area contributed by atoms with Crippen molar-refractivity contribution in [1.29, 1.82) is 0 Å². The summed E-state index contributed by atoms with van der Waals surface area (Å²) in [5.41, 5.74) is 1.11. The van der Waals surface area contributed by atoms with Crippen LogP contribution in [0, 0.1) is 0 Å². The maximum atomic E-state index is 12.8. The Labute approximate surface area is 153 Å². The Balaban J connectivity index is 1.73. The number of rotatable bonds is 4. The van der Waals surface area contributed by atoms with Crippen LogP contribution in [-0.2, 0) is 11.3 Å². The van der Waals surface area contributed by atoms with Gasteiger partial charge in [0.25, 0.3) is 5.91 Å². The van der Waals surface area contributed by atoms with Gasteiger partial charge in [-0.05, 0) is 36.6 Å². The van der Waals surface area contributed by atoms with Crippen LogP contribution in [-0.4, -0.2) is 41.1 Å². The molecule has 1 saturated carbocycles. The summed E-state index contributed by atoms with van der Waals surface area (Å²) >= 11 is 0. The average molecular weight is 377 g/mol. The van der Waals surface area contributed by atoms with Crippen molar-refractivity contribution in [3.63, 3.8) is 0 Å². The van der Waals surface area contributed by atoms with Gasteiger partial charge in [-0.25, -0.2) is 0 Å². The van der Waals surface area contributed by atoms with Gasteiger partial charge in [0.05, 0.1) is 6.20 Å². The molecule has 27 heavy (non-hydrogen) atoms. The number of halogens is 2. The molecular formula is C18H17F2N3O4. The molecule has 1 aliphatic carbocycles. The zero-order valence-corrected chi connectivity index (χ0v) is 14.3. The highest BCUT2D eigenvalue weighted by Crippen LogP contribution is 2.35. The lowest BCUT2D eigenvalue weighted by Gasteiger charge is -2.32. The minimum absolute atomic E-state index is 0.0143. The van der Waals surface area contributed by atoms with Crippen molar-refractivity contribution in [3.8, 4) is 5.75 Å². The lowest BCUT2D eigenvalue weighted by Crippen LogP contribution is -2.41. The molecule has 0 N–H and O–H groups in total. The van der Waals surface area contributed by atoms with Gasteiger partial charge in [-0.3, -0.25) is 9.59 Å². The second kappa shape index (κ2) is 6.98. The van der Waals surface area contributed by atoms with Crippen LogP contribution in [0.3, 0.4) is 0 Å². The molecule has 0 spiro atoms. The summed E-state index contributed by atoms with van der Waals surface area (Å²) in [4.78, 5) is 28.6. The number of carbonyl (C=O) groups is 2. The molecule has 142 valence electrons. The summed E-state index contributed by atoms with van der Waals surface area (Å²) in [5.74, 6) is -0.483. The third-order valence-electron chi connectivity index (χ3n) is 4.66. The Hall–Kier alpha value is -2.97. The highest BCUT2D eigenvalue weighted by atomic mass is 19.3. The molecule has 1 aromatic carbocycles. The quantitative estimate of drug-likeness (QED) is 0.819. The van der Waals surface area contributed by atoms with Crippen LogP contribution in [0.2, 0.25) is 0 Å². The summed E-state index contributed by atoms with van der Waals surface area (Å²) in [6.45, 7) is -2.56. The Bertz CT molecular complexity index is 852. The van der Waals surface area contributed by atoms with Gasteiger partial charge in [0.1, 0.15) is 5.75 Å². The van der Waals surface area contributed by atoms with Gasteiger partial charge in [0.15, 0.2) is 0 Å². The van der Waals surface area contributed by atoms with E-state index in [1.165, 1.54) is 29.3 Å². The number of carbonyl (C=O) groups excluding carboxylic acids is 2. The predicted octanol–water partition coefficient (Wildman–Crippen LogP) is 2.82. The number of aromatic nitrogens is 1. The van der Waals surface area contributed by atoms with Crippen LogP contribution in [0.4, 0.5) is 14.5 Å². The minimum Gasteiger partial charge on any atom is -0.435 e. The summed E-state index contributed by atoms with van der Waals surface area (Å²) in [5, 5.41) is 3.54. The molecule has 1 aliphatic heterocycles. The van der Waals surface area contributed by atoms with Gasteiger partial charge in [0.2, 0.25) is 11.7 Å². The van der Waals surface area contributed by atoms with E-state index < -0.39 is 12.5 Å². The first-order valence-electron chi connectivity index (χ1n) is 8.62. The van der Waals surface area contributed by atoms with Gasteiger partial charge >= 0.3 is 6.61 Å². The minimum atomic E-state index is -2.95. The summed E-state index contributed by atoms with van der Waals surface area (Å²) < 4.78 is 34.6. The van der Waals surface area contributed by atoms with Gasteiger partial charge in [-0.15, -0.1) is 0 Å². The van der Waals surface area contributed by atoms with Crippen molar-refractivity contribution in [2.45, 2.75) is 38.5 Å². The van der Waals surface area contributed by atoms with Gasteiger partial charge in [-0.1, -0.05) is 5.16 Å². The molecule has 2 aliphatic rings. The highest BCUT2D eigenvalue weighted by molar-refractivity contribution is 6.05. The first-order chi connectivity index (χ1) is 13.0. The predicted molar refractivity (Wildman–Crippen MR) is 89.4 cm³/mol. The van der Waals surface area contributed by atoms with Crippen LogP contribution >= 0.6 is 0 Å².